The first-order chi connectivity index (χ1) is 34.0. The zero-order valence-electron chi connectivity index (χ0n) is 44.3. The average molecular weight is 953 g/mol. The van der Waals surface area contributed by atoms with Crippen molar-refractivity contribution in [2.24, 2.45) is 0 Å². The molecule has 0 aromatic carbocycles. The first kappa shape index (κ1) is 64.5. The minimum atomic E-state index is -0.812. The standard InChI is InChI=1S/C63H100O6/c1-4-7-10-13-16-19-22-24-26-28-30-31-33-34-36-38-41-44-47-50-53-56-62(65)68-59-60(58-67-61(64)55-52-49-46-43-40-21-18-15-12-9-6-3)69-63(66)57-54-51-48-45-42-39-37-35-32-29-27-25-23-20-17-14-11-8-5-2/h7-8,10-11,15-20,24-27,30-32,34-36,41,44,60H,4-6,9,12-14,21-23,28-29,33,37-40,42-43,45-59H2,1-3H3/b10-7-,11-8-,18-15-,19-16-,20-17-,26-24-,27-25-,31-30-,35-32-,36-34-,44-41-. The zero-order chi connectivity index (χ0) is 50.0. The molecule has 0 bridgehead atoms. The Bertz CT molecular complexity index is 1510. The van der Waals surface area contributed by atoms with Crippen LogP contribution in [-0.2, 0) is 28.6 Å². The third-order valence-electron chi connectivity index (χ3n) is 11.1. The lowest BCUT2D eigenvalue weighted by Gasteiger charge is -2.18. The molecule has 0 saturated carbocycles. The van der Waals surface area contributed by atoms with Crippen molar-refractivity contribution in [2.45, 2.75) is 232 Å². The van der Waals surface area contributed by atoms with Gasteiger partial charge in [-0.05, 0) is 128 Å². The molecule has 0 heterocycles. The Balaban J connectivity index is 4.49. The molecule has 0 amide bonds. The van der Waals surface area contributed by atoms with Crippen molar-refractivity contribution in [1.82, 2.24) is 0 Å². The van der Waals surface area contributed by atoms with E-state index in [1.54, 1.807) is 0 Å². The Kier molecular flexibility index (Phi) is 52.5. The molecule has 0 aromatic heterocycles. The van der Waals surface area contributed by atoms with E-state index in [9.17, 15) is 14.4 Å². The van der Waals surface area contributed by atoms with Gasteiger partial charge < -0.3 is 14.2 Å². The van der Waals surface area contributed by atoms with Gasteiger partial charge in [0, 0.05) is 19.3 Å². The second kappa shape index (κ2) is 56.1. The molecule has 1 unspecified atom stereocenters. The van der Waals surface area contributed by atoms with Crippen molar-refractivity contribution >= 4 is 17.9 Å². The fourth-order valence-corrected chi connectivity index (χ4v) is 7.00. The lowest BCUT2D eigenvalue weighted by atomic mass is 10.1. The summed E-state index contributed by atoms with van der Waals surface area (Å²) in [7, 11) is 0. The molecular weight excluding hydrogens is 853 g/mol. The number of ether oxygens (including phenoxy) is 3. The SMILES string of the molecule is CC/C=C\C/C=C\C/C=C\C/C=C\C/C=C\C/C=C\CCCCC(=O)OCC(COC(=O)CCCCCCC/C=C\CCCC)OC(=O)CCCCCCCC/C=C\C/C=C\C/C=C\C/C=C\CC. The molecule has 6 heteroatoms. The predicted molar refractivity (Wildman–Crippen MR) is 297 cm³/mol. The Hall–Kier alpha value is -4.45. The number of hydrogen-bond acceptors (Lipinski definition) is 6. The minimum Gasteiger partial charge on any atom is -0.462 e. The van der Waals surface area contributed by atoms with E-state index in [2.05, 4.69) is 154 Å². The van der Waals surface area contributed by atoms with E-state index >= 15 is 0 Å². The highest BCUT2D eigenvalue weighted by Gasteiger charge is 2.19. The van der Waals surface area contributed by atoms with Crippen molar-refractivity contribution in [1.29, 1.82) is 0 Å². The van der Waals surface area contributed by atoms with Crippen LogP contribution in [0.2, 0.25) is 0 Å². The van der Waals surface area contributed by atoms with E-state index in [1.165, 1.54) is 38.5 Å². The Morgan fingerprint density at radius 2 is 0.565 bits per heavy atom. The second-order valence-electron chi connectivity index (χ2n) is 17.7. The molecule has 388 valence electrons. The fraction of sp³-hybridized carbons (Fsp3) is 0.603. The van der Waals surface area contributed by atoms with Gasteiger partial charge in [-0.2, -0.15) is 0 Å². The number of hydrogen-bond donors (Lipinski definition) is 0. The maximum atomic E-state index is 12.8. The summed E-state index contributed by atoms with van der Waals surface area (Å²) in [6.45, 7) is 6.30. The van der Waals surface area contributed by atoms with Gasteiger partial charge >= 0.3 is 17.9 Å². The highest BCUT2D eigenvalue weighted by atomic mass is 16.6. The highest BCUT2D eigenvalue weighted by molar-refractivity contribution is 5.71. The third kappa shape index (κ3) is 54.4. The minimum absolute atomic E-state index is 0.107. The van der Waals surface area contributed by atoms with Gasteiger partial charge in [0.2, 0.25) is 0 Å². The molecule has 0 spiro atoms. The van der Waals surface area contributed by atoms with Crippen LogP contribution in [-0.4, -0.2) is 37.2 Å². The molecule has 0 rings (SSSR count). The molecule has 0 aliphatic rings. The summed E-state index contributed by atoms with van der Waals surface area (Å²) >= 11 is 0. The van der Waals surface area contributed by atoms with Crippen LogP contribution in [0.4, 0.5) is 0 Å². The lowest BCUT2D eigenvalue weighted by molar-refractivity contribution is -0.167. The lowest BCUT2D eigenvalue weighted by Crippen LogP contribution is -2.30. The maximum Gasteiger partial charge on any atom is 0.306 e. The smallest absolute Gasteiger partial charge is 0.306 e. The van der Waals surface area contributed by atoms with E-state index in [4.69, 9.17) is 14.2 Å². The quantitative estimate of drug-likeness (QED) is 0.0262. The van der Waals surface area contributed by atoms with Crippen LogP contribution in [0.5, 0.6) is 0 Å². The normalized spacial score (nSPS) is 13.1. The summed E-state index contributed by atoms with van der Waals surface area (Å²) in [6, 6.07) is 0. The molecule has 0 fully saturated rings. The second-order valence-corrected chi connectivity index (χ2v) is 17.7. The summed E-state index contributed by atoms with van der Waals surface area (Å²) in [5, 5.41) is 0. The number of rotatable bonds is 48. The molecule has 6 nitrogen and oxygen atoms in total. The van der Waals surface area contributed by atoms with Crippen molar-refractivity contribution < 1.29 is 28.6 Å². The van der Waals surface area contributed by atoms with Crippen LogP contribution < -0.4 is 0 Å². The number of allylic oxidation sites excluding steroid dienone is 22. The zero-order valence-corrected chi connectivity index (χ0v) is 44.3. The van der Waals surface area contributed by atoms with Gasteiger partial charge in [0.15, 0.2) is 6.10 Å². The highest BCUT2D eigenvalue weighted by Crippen LogP contribution is 2.13. The van der Waals surface area contributed by atoms with Gasteiger partial charge in [-0.15, -0.1) is 0 Å². The van der Waals surface area contributed by atoms with Gasteiger partial charge in [-0.1, -0.05) is 212 Å². The van der Waals surface area contributed by atoms with Gasteiger partial charge in [0.25, 0.3) is 0 Å². The van der Waals surface area contributed by atoms with Crippen LogP contribution in [0.1, 0.15) is 226 Å². The summed E-state index contributed by atoms with van der Waals surface area (Å²) in [5.74, 6) is -0.982. The van der Waals surface area contributed by atoms with Crippen LogP contribution in [0.15, 0.2) is 134 Å². The van der Waals surface area contributed by atoms with Crippen LogP contribution in [0, 0.1) is 0 Å². The first-order valence-corrected chi connectivity index (χ1v) is 27.7. The van der Waals surface area contributed by atoms with Crippen molar-refractivity contribution in [3.63, 3.8) is 0 Å². The average Bonchev–Trinajstić information content (AvgIpc) is 3.35. The van der Waals surface area contributed by atoms with Crippen molar-refractivity contribution in [3.05, 3.63) is 134 Å². The third-order valence-corrected chi connectivity index (χ3v) is 11.1. The van der Waals surface area contributed by atoms with Crippen molar-refractivity contribution in [3.8, 4) is 0 Å². The van der Waals surface area contributed by atoms with E-state index in [0.717, 1.165) is 141 Å². The van der Waals surface area contributed by atoms with E-state index in [0.29, 0.717) is 25.7 Å². The van der Waals surface area contributed by atoms with Gasteiger partial charge in [0.05, 0.1) is 0 Å². The molecular formula is C63H100O6. The Morgan fingerprint density at radius 3 is 0.928 bits per heavy atom. The molecule has 0 aliphatic carbocycles. The van der Waals surface area contributed by atoms with Crippen molar-refractivity contribution in [2.75, 3.05) is 13.2 Å². The molecule has 69 heavy (non-hydrogen) atoms. The van der Waals surface area contributed by atoms with Crippen LogP contribution in [0.25, 0.3) is 0 Å². The number of carbonyl (C=O) groups excluding carboxylic acids is 3. The van der Waals surface area contributed by atoms with Gasteiger partial charge in [-0.3, -0.25) is 14.4 Å². The molecule has 1 atom stereocenters. The molecule has 0 saturated heterocycles. The summed E-state index contributed by atoms with van der Waals surface area (Å²) in [6.07, 6.45) is 78.7. The summed E-state index contributed by atoms with van der Waals surface area (Å²) in [4.78, 5) is 38.1. The van der Waals surface area contributed by atoms with Crippen LogP contribution in [0.3, 0.4) is 0 Å². The predicted octanol–water partition coefficient (Wildman–Crippen LogP) is 18.6. The first-order valence-electron chi connectivity index (χ1n) is 27.7. The van der Waals surface area contributed by atoms with E-state index < -0.39 is 6.10 Å². The monoisotopic (exact) mass is 953 g/mol. The Labute approximate surface area is 424 Å². The molecule has 0 N–H and O–H groups in total. The number of unbranched alkanes of at least 4 members (excludes halogenated alkanes) is 15. The van der Waals surface area contributed by atoms with Gasteiger partial charge in [0.1, 0.15) is 13.2 Å². The van der Waals surface area contributed by atoms with E-state index in [1.807, 2.05) is 0 Å². The molecule has 0 aromatic rings. The largest absolute Gasteiger partial charge is 0.462 e. The topological polar surface area (TPSA) is 78.9 Å². The fourth-order valence-electron chi connectivity index (χ4n) is 7.00. The number of carbonyl (C=O) groups is 3. The summed E-state index contributed by atoms with van der Waals surface area (Å²) in [5.41, 5.74) is 0. The van der Waals surface area contributed by atoms with Crippen LogP contribution >= 0.6 is 0 Å². The maximum absolute atomic E-state index is 12.8. The summed E-state index contributed by atoms with van der Waals surface area (Å²) < 4.78 is 16.8. The number of esters is 3. The van der Waals surface area contributed by atoms with Gasteiger partial charge in [-0.25, -0.2) is 0 Å². The van der Waals surface area contributed by atoms with E-state index in [-0.39, 0.29) is 31.1 Å². The molecule has 0 radical (unpaired) electrons. The Morgan fingerprint density at radius 1 is 0.304 bits per heavy atom. The molecule has 0 aliphatic heterocycles.